The monoisotopic (exact) mass is 592 g/mol. The number of pyridine rings is 3. The maximum atomic E-state index is 14.1. The van der Waals surface area contributed by atoms with Crippen LogP contribution in [0.25, 0.3) is 33.3 Å². The number of nitrogens with zero attached hydrogens (tertiary/aromatic N) is 3. The lowest BCUT2D eigenvalue weighted by molar-refractivity contribution is -0.164. The molecule has 0 bridgehead atoms. The molecule has 3 heterocycles. The van der Waals surface area contributed by atoms with Gasteiger partial charge in [-0.2, -0.15) is 0 Å². The molecule has 1 atom stereocenters. The largest absolute Gasteiger partial charge is 0.505 e. The van der Waals surface area contributed by atoms with Gasteiger partial charge in [-0.3, -0.25) is 24.2 Å². The normalized spacial score (nSPS) is 12.0. The molecule has 0 radical (unpaired) electrons. The van der Waals surface area contributed by atoms with Gasteiger partial charge in [-0.05, 0) is 43.2 Å². The average molecular weight is 593 g/mol. The molecule has 0 aliphatic heterocycles. The van der Waals surface area contributed by atoms with Gasteiger partial charge in [0.2, 0.25) is 0 Å². The van der Waals surface area contributed by atoms with Crippen molar-refractivity contribution in [1.29, 1.82) is 0 Å². The molecule has 5 aromatic rings. The number of benzene rings is 2. The lowest BCUT2D eigenvalue weighted by Gasteiger charge is -2.28. The van der Waals surface area contributed by atoms with E-state index in [2.05, 4.69) is 15.3 Å². The minimum atomic E-state index is -2.37. The van der Waals surface area contributed by atoms with Gasteiger partial charge < -0.3 is 25.2 Å². The van der Waals surface area contributed by atoms with E-state index in [1.165, 1.54) is 23.8 Å². The highest BCUT2D eigenvalue weighted by Gasteiger charge is 2.48. The van der Waals surface area contributed by atoms with Crippen LogP contribution in [0.4, 0.5) is 0 Å². The van der Waals surface area contributed by atoms with Crippen molar-refractivity contribution in [2.24, 2.45) is 5.41 Å². The van der Waals surface area contributed by atoms with E-state index in [1.807, 2.05) is 30.3 Å². The summed E-state index contributed by atoms with van der Waals surface area (Å²) in [5.41, 5.74) is -0.719. The van der Waals surface area contributed by atoms with E-state index < -0.39 is 40.7 Å². The Balaban J connectivity index is 1.81. The number of carboxylic acid groups (broad SMARTS) is 2. The fraction of sp³-hybridized carbons (Fsp3) is 0.152. The van der Waals surface area contributed by atoms with Gasteiger partial charge in [0.15, 0.2) is 16.9 Å². The third kappa shape index (κ3) is 5.26. The molecule has 11 heteroatoms. The summed E-state index contributed by atoms with van der Waals surface area (Å²) in [5, 5.41) is 33.4. The lowest BCUT2D eigenvalue weighted by Crippen LogP contribution is -2.53. The van der Waals surface area contributed by atoms with E-state index in [0.717, 1.165) is 12.5 Å². The minimum Gasteiger partial charge on any atom is -0.505 e. The Morgan fingerprint density at radius 3 is 2.14 bits per heavy atom. The summed E-state index contributed by atoms with van der Waals surface area (Å²) in [6, 6.07) is 21.5. The minimum absolute atomic E-state index is 0.114. The predicted octanol–water partition coefficient (Wildman–Crippen LogP) is 4.17. The van der Waals surface area contributed by atoms with Crippen LogP contribution in [0.5, 0.6) is 5.75 Å². The number of rotatable bonds is 9. The number of carbonyl (C=O) groups excluding carboxylic acids is 1. The van der Waals surface area contributed by atoms with E-state index in [0.29, 0.717) is 11.1 Å². The number of hydrogen-bond donors (Lipinski definition) is 4. The van der Waals surface area contributed by atoms with Gasteiger partial charge in [0.05, 0.1) is 23.8 Å². The van der Waals surface area contributed by atoms with Crippen LogP contribution < -0.4 is 10.9 Å². The van der Waals surface area contributed by atoms with Crippen molar-refractivity contribution in [2.45, 2.75) is 26.4 Å². The third-order valence-corrected chi connectivity index (χ3v) is 7.74. The van der Waals surface area contributed by atoms with Crippen LogP contribution in [0.2, 0.25) is 0 Å². The number of amides is 1. The molecule has 11 nitrogen and oxygen atoms in total. The van der Waals surface area contributed by atoms with Crippen LogP contribution in [0.1, 0.15) is 29.9 Å². The Bertz CT molecular complexity index is 1930. The summed E-state index contributed by atoms with van der Waals surface area (Å²) in [6.45, 7) is 2.33. The summed E-state index contributed by atoms with van der Waals surface area (Å²) in [4.78, 5) is 60.1. The Labute approximate surface area is 251 Å². The molecule has 1 amide bonds. The molecular formula is C33H28N4O7. The number of fused-ring (bicyclic) bond motifs is 1. The van der Waals surface area contributed by atoms with Gasteiger partial charge in [-0.1, -0.05) is 60.7 Å². The van der Waals surface area contributed by atoms with Gasteiger partial charge in [-0.25, -0.2) is 4.98 Å². The Morgan fingerprint density at radius 2 is 1.55 bits per heavy atom. The van der Waals surface area contributed by atoms with Crippen molar-refractivity contribution in [3.63, 3.8) is 0 Å². The number of aliphatic carboxylic acids is 2. The fourth-order valence-electron chi connectivity index (χ4n) is 4.92. The van der Waals surface area contributed by atoms with Gasteiger partial charge in [-0.15, -0.1) is 0 Å². The molecule has 0 saturated carbocycles. The molecule has 5 rings (SSSR count). The Kier molecular flexibility index (Phi) is 7.95. The van der Waals surface area contributed by atoms with E-state index in [9.17, 15) is 34.5 Å². The first-order chi connectivity index (χ1) is 21.0. The Morgan fingerprint density at radius 1 is 0.932 bits per heavy atom. The number of aromatic nitrogens is 3. The molecule has 222 valence electrons. The highest BCUT2D eigenvalue weighted by Crippen LogP contribution is 2.36. The van der Waals surface area contributed by atoms with Crippen LogP contribution in [0.3, 0.4) is 0 Å². The summed E-state index contributed by atoms with van der Waals surface area (Å²) in [7, 11) is 0. The van der Waals surface area contributed by atoms with E-state index >= 15 is 0 Å². The second-order valence-corrected chi connectivity index (χ2v) is 10.5. The number of carboxylic acids is 2. The second kappa shape index (κ2) is 11.8. The highest BCUT2D eigenvalue weighted by molar-refractivity contribution is 6.06. The molecule has 0 aliphatic carbocycles. The van der Waals surface area contributed by atoms with Crippen LogP contribution in [-0.2, 0) is 16.1 Å². The van der Waals surface area contributed by atoms with Gasteiger partial charge >= 0.3 is 11.9 Å². The third-order valence-electron chi connectivity index (χ3n) is 7.74. The second-order valence-electron chi connectivity index (χ2n) is 10.5. The number of hydrogen-bond acceptors (Lipinski definition) is 7. The molecular weight excluding hydrogens is 564 g/mol. The molecule has 2 aromatic carbocycles. The molecule has 1 unspecified atom stereocenters. The molecule has 0 aliphatic rings. The zero-order valence-corrected chi connectivity index (χ0v) is 23.8. The van der Waals surface area contributed by atoms with Gasteiger partial charge in [0.1, 0.15) is 0 Å². The first kappa shape index (κ1) is 29.6. The average Bonchev–Trinajstić information content (AvgIpc) is 3.03. The van der Waals surface area contributed by atoms with Crippen LogP contribution in [0, 0.1) is 5.41 Å². The molecule has 4 N–H and O–H groups in total. The number of nitrogens with one attached hydrogen (secondary N) is 1. The first-order valence-corrected chi connectivity index (χ1v) is 13.6. The molecule has 0 saturated heterocycles. The highest BCUT2D eigenvalue weighted by atomic mass is 16.4. The van der Waals surface area contributed by atoms with Crippen molar-refractivity contribution in [1.82, 2.24) is 19.9 Å². The summed E-state index contributed by atoms with van der Waals surface area (Å²) in [5.74, 6) is -4.87. The summed E-state index contributed by atoms with van der Waals surface area (Å²) < 4.78 is 1.48. The fourth-order valence-corrected chi connectivity index (χ4v) is 4.92. The van der Waals surface area contributed by atoms with Crippen molar-refractivity contribution in [2.75, 3.05) is 0 Å². The number of carbonyl (C=O) groups is 3. The zero-order valence-electron chi connectivity index (χ0n) is 23.8. The smallest absolute Gasteiger partial charge is 0.322 e. The van der Waals surface area contributed by atoms with Gasteiger partial charge in [0, 0.05) is 28.9 Å². The molecule has 44 heavy (non-hydrogen) atoms. The predicted molar refractivity (Wildman–Crippen MR) is 162 cm³/mol. The van der Waals surface area contributed by atoms with E-state index in [4.69, 9.17) is 0 Å². The Hall–Kier alpha value is -5.84. The summed E-state index contributed by atoms with van der Waals surface area (Å²) >= 11 is 0. The topological polar surface area (TPSA) is 172 Å². The van der Waals surface area contributed by atoms with E-state index in [-0.39, 0.29) is 34.3 Å². The van der Waals surface area contributed by atoms with Gasteiger partial charge in [0.25, 0.3) is 11.5 Å². The van der Waals surface area contributed by atoms with Crippen molar-refractivity contribution < 1.29 is 29.7 Å². The summed E-state index contributed by atoms with van der Waals surface area (Å²) in [6.07, 6.45) is 3.04. The van der Waals surface area contributed by atoms with Crippen molar-refractivity contribution in [3.05, 3.63) is 113 Å². The quantitative estimate of drug-likeness (QED) is 0.183. The maximum absolute atomic E-state index is 14.1. The molecule has 0 spiro atoms. The number of aromatic hydroxyl groups is 1. The van der Waals surface area contributed by atoms with Crippen molar-refractivity contribution in [3.8, 4) is 28.1 Å². The standard InChI is InChI=1S/C33H28N4O7/c1-19(33(2,31(41)42)32(43)44)35-29(39)26-28(38)24-16-23(21-12-7-4-8-13-21)30(40)37(18-20-10-5-3-6-11-20)27(24)25(36-26)22-14-9-15-34-17-22/h3-17,19,38H,18H2,1-2H3,(H,35,39)(H,41,42)(H,43,44). The van der Waals surface area contributed by atoms with Crippen LogP contribution in [-0.4, -0.2) is 53.7 Å². The molecule has 3 aromatic heterocycles. The van der Waals surface area contributed by atoms with Crippen LogP contribution >= 0.6 is 0 Å². The van der Waals surface area contributed by atoms with Crippen LogP contribution in [0.15, 0.2) is 96.1 Å². The molecule has 0 fully saturated rings. The lowest BCUT2D eigenvalue weighted by atomic mass is 9.83. The van der Waals surface area contributed by atoms with Crippen molar-refractivity contribution >= 4 is 28.7 Å². The van der Waals surface area contributed by atoms with E-state index in [1.54, 1.807) is 48.7 Å². The SMILES string of the molecule is CC(NC(=O)c1nc(-c2cccnc2)c2c(cc(-c3ccccc3)c(=O)n2Cc2ccccc2)c1O)C(C)(C(=O)O)C(=O)O. The first-order valence-electron chi connectivity index (χ1n) is 13.6. The maximum Gasteiger partial charge on any atom is 0.322 e. The zero-order chi connectivity index (χ0) is 31.6.